The first-order valence-corrected chi connectivity index (χ1v) is 12.2. The maximum absolute atomic E-state index is 13.4. The Hall–Kier alpha value is -2.77. The maximum atomic E-state index is 13.4. The molecule has 2 unspecified atom stereocenters. The van der Waals surface area contributed by atoms with Crippen LogP contribution in [-0.2, 0) is 28.6 Å². The van der Waals surface area contributed by atoms with E-state index in [1.54, 1.807) is 24.3 Å². The van der Waals surface area contributed by atoms with E-state index in [1.807, 2.05) is 0 Å². The first-order chi connectivity index (χ1) is 17.2. The lowest BCUT2D eigenvalue weighted by molar-refractivity contribution is -0.277. The van der Waals surface area contributed by atoms with Gasteiger partial charge in [0.25, 0.3) is 0 Å². The molecule has 1 amide bonds. The van der Waals surface area contributed by atoms with Gasteiger partial charge >= 0.3 is 23.8 Å². The van der Waals surface area contributed by atoms with Crippen LogP contribution in [0.4, 0.5) is 5.69 Å². The number of aliphatic hydroxyl groups excluding tert-OH is 2. The topological polar surface area (TPSA) is 147 Å². The number of rotatable bonds is 6. The fourth-order valence-electron chi connectivity index (χ4n) is 4.42. The highest BCUT2D eigenvalue weighted by atomic mass is 16.8. The third kappa shape index (κ3) is 5.62. The minimum absolute atomic E-state index is 0.0998. The van der Waals surface area contributed by atoms with Gasteiger partial charge < -0.3 is 39.4 Å². The van der Waals surface area contributed by atoms with Crippen LogP contribution < -0.4 is 10.1 Å². The average molecular weight is 508 g/mol. The first-order valence-electron chi connectivity index (χ1n) is 12.2. The van der Waals surface area contributed by atoms with E-state index >= 15 is 0 Å². The smallest absolute Gasteiger partial charge is 0.405 e. The summed E-state index contributed by atoms with van der Waals surface area (Å²) in [6.07, 6.45) is -2.41. The van der Waals surface area contributed by atoms with E-state index in [2.05, 4.69) is 24.1 Å². The lowest BCUT2D eigenvalue weighted by atomic mass is 10.1. The molecule has 3 aliphatic heterocycles. The van der Waals surface area contributed by atoms with Crippen molar-refractivity contribution in [3.8, 4) is 5.75 Å². The summed E-state index contributed by atoms with van der Waals surface area (Å²) in [7, 11) is 0. The summed E-state index contributed by atoms with van der Waals surface area (Å²) in [5.74, 6) is -5.56. The van der Waals surface area contributed by atoms with Crippen LogP contribution in [0.15, 0.2) is 24.3 Å². The number of nitrogens with zero attached hydrogens (tertiary/aromatic N) is 2. The molecule has 0 spiro atoms. The van der Waals surface area contributed by atoms with Gasteiger partial charge in [-0.15, -0.1) is 0 Å². The summed E-state index contributed by atoms with van der Waals surface area (Å²) in [5, 5.41) is 22.4. The van der Waals surface area contributed by atoms with Crippen LogP contribution in [-0.4, -0.2) is 108 Å². The van der Waals surface area contributed by atoms with E-state index in [1.165, 1.54) is 4.90 Å². The number of ether oxygens (including phenoxy) is 4. The van der Waals surface area contributed by atoms with E-state index in [0.29, 0.717) is 17.5 Å². The second kappa shape index (κ2) is 11.1. The Morgan fingerprint density at radius 1 is 1.00 bits per heavy atom. The Morgan fingerprint density at radius 3 is 2.08 bits per heavy atom. The van der Waals surface area contributed by atoms with Crippen LogP contribution in [0.3, 0.4) is 0 Å². The number of carbonyl (C=O) groups excluding carboxylic acids is 3. The van der Waals surface area contributed by atoms with Gasteiger partial charge in [-0.05, 0) is 51.0 Å². The highest BCUT2D eigenvalue weighted by molar-refractivity contribution is 6.00. The molecule has 3 heterocycles. The number of anilines is 1. The molecule has 3 fully saturated rings. The molecule has 12 heteroatoms. The Kier molecular flexibility index (Phi) is 8.10. The van der Waals surface area contributed by atoms with Crippen LogP contribution in [0, 0.1) is 0 Å². The second-order valence-corrected chi connectivity index (χ2v) is 9.34. The number of nitrogens with one attached hydrogen (secondary N) is 1. The zero-order valence-corrected chi connectivity index (χ0v) is 20.4. The van der Waals surface area contributed by atoms with Crippen molar-refractivity contribution >= 4 is 23.5 Å². The largest absolute Gasteiger partial charge is 0.490 e. The molecule has 0 saturated carbocycles. The number of aliphatic hydroxyl groups is 2. The van der Waals surface area contributed by atoms with E-state index in [4.69, 9.17) is 18.9 Å². The average Bonchev–Trinajstić information content (AvgIpc) is 2.97. The molecule has 12 nitrogen and oxygen atoms in total. The molecule has 3 saturated heterocycles. The van der Waals surface area contributed by atoms with Crippen LogP contribution >= 0.6 is 0 Å². The lowest BCUT2D eigenvalue weighted by Crippen LogP contribution is -2.64. The summed E-state index contributed by atoms with van der Waals surface area (Å²) in [6.45, 7) is 6.89. The molecule has 0 radical (unpaired) electrons. The van der Waals surface area contributed by atoms with Gasteiger partial charge in [-0.1, -0.05) is 0 Å². The molecule has 0 aliphatic carbocycles. The van der Waals surface area contributed by atoms with Crippen molar-refractivity contribution in [1.82, 2.24) is 9.80 Å². The third-order valence-electron chi connectivity index (χ3n) is 6.60. The summed E-state index contributed by atoms with van der Waals surface area (Å²) in [6, 6.07) is 7.17. The van der Waals surface area contributed by atoms with Crippen LogP contribution in [0.25, 0.3) is 0 Å². The van der Waals surface area contributed by atoms with Gasteiger partial charge in [0.15, 0.2) is 12.2 Å². The number of amides is 1. The number of benzene rings is 1. The van der Waals surface area contributed by atoms with E-state index in [-0.39, 0.29) is 32.4 Å². The Morgan fingerprint density at radius 2 is 1.56 bits per heavy atom. The van der Waals surface area contributed by atoms with Crippen molar-refractivity contribution < 1.29 is 43.5 Å². The quantitative estimate of drug-likeness (QED) is 0.436. The van der Waals surface area contributed by atoms with Crippen molar-refractivity contribution in [1.29, 1.82) is 0 Å². The molecule has 3 aliphatic rings. The van der Waals surface area contributed by atoms with E-state index in [9.17, 15) is 24.6 Å². The van der Waals surface area contributed by atoms with Gasteiger partial charge in [0, 0.05) is 37.9 Å². The number of carbonyl (C=O) groups is 3. The minimum atomic E-state index is -2.52. The molecular formula is C24H33N3O9. The minimum Gasteiger partial charge on any atom is -0.490 e. The van der Waals surface area contributed by atoms with Gasteiger partial charge in [0.2, 0.25) is 0 Å². The standard InChI is InChI=1S/C24H33N3O9/c1-15(2)26-9-7-18(8-10-26)34-17-5-3-16(4-6-17)25-23(32)24(27-11-13-33-14-12-27)35-21(30)19(28)20(29)22(31)36-24/h3-6,15,18-20,28-29H,7-14H2,1-2H3,(H,25,32). The molecule has 2 atom stereocenters. The SMILES string of the molecule is CC(C)N1CCC(Oc2ccc(NC(=O)C3(N4CCOCC4)OC(=O)C(O)C(O)C(=O)O3)cc2)CC1. The Balaban J connectivity index is 1.46. The number of hydrogen-bond acceptors (Lipinski definition) is 11. The summed E-state index contributed by atoms with van der Waals surface area (Å²) >= 11 is 0. The van der Waals surface area contributed by atoms with Gasteiger partial charge in [-0.25, -0.2) is 14.5 Å². The molecule has 36 heavy (non-hydrogen) atoms. The van der Waals surface area contributed by atoms with Crippen LogP contribution in [0.5, 0.6) is 5.75 Å². The van der Waals surface area contributed by atoms with Gasteiger partial charge in [-0.2, -0.15) is 0 Å². The normalized spacial score (nSPS) is 28.8. The third-order valence-corrected chi connectivity index (χ3v) is 6.60. The highest BCUT2D eigenvalue weighted by Crippen LogP contribution is 2.29. The van der Waals surface area contributed by atoms with E-state index < -0.39 is 36.0 Å². The Bertz CT molecular complexity index is 919. The van der Waals surface area contributed by atoms with E-state index in [0.717, 1.165) is 25.9 Å². The molecule has 3 N–H and O–H groups in total. The van der Waals surface area contributed by atoms with Gasteiger partial charge in [-0.3, -0.25) is 4.79 Å². The molecule has 1 aromatic carbocycles. The number of morpholine rings is 1. The molecule has 0 bridgehead atoms. The number of piperidine rings is 1. The zero-order valence-electron chi connectivity index (χ0n) is 20.4. The predicted octanol–water partition coefficient (Wildman–Crippen LogP) is -0.315. The first kappa shape index (κ1) is 26.3. The maximum Gasteiger partial charge on any atom is 0.405 e. The molecular weight excluding hydrogens is 474 g/mol. The van der Waals surface area contributed by atoms with Crippen molar-refractivity contribution in [2.45, 2.75) is 57.0 Å². The van der Waals surface area contributed by atoms with Crippen molar-refractivity contribution in [2.75, 3.05) is 44.7 Å². The Labute approximate surface area is 209 Å². The molecule has 0 aromatic heterocycles. The summed E-state index contributed by atoms with van der Waals surface area (Å²) in [5.41, 5.74) is 0.340. The van der Waals surface area contributed by atoms with Crippen molar-refractivity contribution in [3.05, 3.63) is 24.3 Å². The fourth-order valence-corrected chi connectivity index (χ4v) is 4.42. The van der Waals surface area contributed by atoms with Crippen molar-refractivity contribution in [2.24, 2.45) is 0 Å². The number of esters is 2. The number of hydrogen-bond donors (Lipinski definition) is 3. The van der Waals surface area contributed by atoms with Gasteiger partial charge in [0.1, 0.15) is 11.9 Å². The molecule has 1 aromatic rings. The second-order valence-electron chi connectivity index (χ2n) is 9.34. The lowest BCUT2D eigenvalue weighted by Gasteiger charge is -2.40. The van der Waals surface area contributed by atoms with Crippen LogP contribution in [0.2, 0.25) is 0 Å². The van der Waals surface area contributed by atoms with Gasteiger partial charge in [0.05, 0.1) is 13.2 Å². The molecule has 4 rings (SSSR count). The summed E-state index contributed by atoms with van der Waals surface area (Å²) in [4.78, 5) is 41.8. The zero-order chi connectivity index (χ0) is 25.9. The van der Waals surface area contributed by atoms with Crippen molar-refractivity contribution in [3.63, 3.8) is 0 Å². The number of likely N-dealkylation sites (tertiary alicyclic amines) is 1. The monoisotopic (exact) mass is 507 g/mol. The summed E-state index contributed by atoms with van der Waals surface area (Å²) < 4.78 is 21.8. The highest BCUT2D eigenvalue weighted by Gasteiger charge is 2.58. The van der Waals surface area contributed by atoms with Crippen LogP contribution in [0.1, 0.15) is 26.7 Å². The number of cyclic esters (lactones) is 2. The fraction of sp³-hybridized carbons (Fsp3) is 0.625. The molecule has 198 valence electrons. The predicted molar refractivity (Wildman–Crippen MR) is 125 cm³/mol.